The number of hydrogen-bond donors (Lipinski definition) is 0. The zero-order valence-electron chi connectivity index (χ0n) is 15.4. The third kappa shape index (κ3) is 4.17. The first-order valence-electron chi connectivity index (χ1n) is 9.01. The molecular formula is C21H18ClN3OS2. The lowest BCUT2D eigenvalue weighted by Crippen LogP contribution is -2.00. The minimum absolute atomic E-state index is 0.427. The van der Waals surface area contributed by atoms with Gasteiger partial charge in [0, 0.05) is 21.8 Å². The second-order valence-electron chi connectivity index (χ2n) is 6.57. The van der Waals surface area contributed by atoms with Gasteiger partial charge in [0.05, 0.1) is 11.3 Å². The summed E-state index contributed by atoms with van der Waals surface area (Å²) in [6, 6.07) is 9.65. The molecule has 0 bridgehead atoms. The number of thiazole rings is 1. The van der Waals surface area contributed by atoms with Crippen LogP contribution in [0.25, 0.3) is 0 Å². The van der Waals surface area contributed by atoms with Gasteiger partial charge in [-0.05, 0) is 61.6 Å². The van der Waals surface area contributed by atoms with Crippen molar-refractivity contribution in [2.45, 2.75) is 43.6 Å². The highest BCUT2D eigenvalue weighted by molar-refractivity contribution is 7.98. The molecule has 3 aromatic rings. The van der Waals surface area contributed by atoms with Crippen LogP contribution in [0.2, 0.25) is 5.02 Å². The van der Waals surface area contributed by atoms with Crippen LogP contribution in [0.3, 0.4) is 0 Å². The molecule has 7 heteroatoms. The molecule has 0 saturated heterocycles. The summed E-state index contributed by atoms with van der Waals surface area (Å²) in [5.74, 6) is 1.46. The number of benzene rings is 1. The fourth-order valence-corrected chi connectivity index (χ4v) is 5.17. The SMILES string of the molecule is Cc1c(C#N)c(SCc2csc(COc3ccc(Cl)cc3)n2)nc2c1CCC2. The molecule has 2 heterocycles. The summed E-state index contributed by atoms with van der Waals surface area (Å²) >= 11 is 9.06. The summed E-state index contributed by atoms with van der Waals surface area (Å²) in [6.45, 7) is 2.47. The second kappa shape index (κ2) is 8.52. The molecule has 28 heavy (non-hydrogen) atoms. The van der Waals surface area contributed by atoms with Gasteiger partial charge >= 0.3 is 0 Å². The molecule has 142 valence electrons. The van der Waals surface area contributed by atoms with E-state index in [9.17, 15) is 5.26 Å². The van der Waals surface area contributed by atoms with Crippen molar-refractivity contribution in [3.8, 4) is 11.8 Å². The largest absolute Gasteiger partial charge is 0.486 e. The Hall–Kier alpha value is -2.07. The molecule has 0 amide bonds. The molecule has 0 saturated carbocycles. The fourth-order valence-electron chi connectivity index (χ4n) is 3.28. The minimum atomic E-state index is 0.427. The van der Waals surface area contributed by atoms with E-state index in [1.165, 1.54) is 5.56 Å². The number of aryl methyl sites for hydroxylation is 1. The van der Waals surface area contributed by atoms with Crippen LogP contribution < -0.4 is 4.74 Å². The Morgan fingerprint density at radius 1 is 1.25 bits per heavy atom. The molecule has 0 fully saturated rings. The Labute approximate surface area is 177 Å². The Kier molecular flexibility index (Phi) is 5.86. The van der Waals surface area contributed by atoms with Crippen LogP contribution in [0.1, 0.15) is 39.5 Å². The van der Waals surface area contributed by atoms with Gasteiger partial charge in [0.1, 0.15) is 28.5 Å². The van der Waals surface area contributed by atoms with E-state index in [1.807, 2.05) is 24.4 Å². The summed E-state index contributed by atoms with van der Waals surface area (Å²) < 4.78 is 5.75. The summed E-state index contributed by atoms with van der Waals surface area (Å²) in [6.07, 6.45) is 3.18. The number of nitriles is 1. The van der Waals surface area contributed by atoms with E-state index in [0.717, 1.165) is 52.0 Å². The van der Waals surface area contributed by atoms with E-state index in [-0.39, 0.29) is 0 Å². The number of ether oxygens (including phenoxy) is 1. The van der Waals surface area contributed by atoms with Gasteiger partial charge in [-0.15, -0.1) is 11.3 Å². The average molecular weight is 428 g/mol. The van der Waals surface area contributed by atoms with Gasteiger partial charge in [0.15, 0.2) is 0 Å². The molecule has 0 unspecified atom stereocenters. The van der Waals surface area contributed by atoms with Crippen LogP contribution in [0.5, 0.6) is 5.75 Å². The van der Waals surface area contributed by atoms with Crippen molar-refractivity contribution in [2.75, 3.05) is 0 Å². The molecule has 1 aliphatic carbocycles. The maximum Gasteiger partial charge on any atom is 0.140 e. The maximum absolute atomic E-state index is 9.59. The number of halogens is 1. The van der Waals surface area contributed by atoms with Gasteiger partial charge < -0.3 is 4.74 Å². The number of rotatable bonds is 6. The molecule has 0 N–H and O–H groups in total. The molecule has 1 aromatic carbocycles. The van der Waals surface area contributed by atoms with Crippen molar-refractivity contribution in [1.82, 2.24) is 9.97 Å². The molecule has 1 aliphatic rings. The van der Waals surface area contributed by atoms with Crippen LogP contribution in [0.4, 0.5) is 0 Å². The third-order valence-electron chi connectivity index (χ3n) is 4.71. The number of thioether (sulfide) groups is 1. The van der Waals surface area contributed by atoms with Crippen LogP contribution in [0.15, 0.2) is 34.7 Å². The van der Waals surface area contributed by atoms with E-state index in [4.69, 9.17) is 21.3 Å². The Morgan fingerprint density at radius 3 is 2.86 bits per heavy atom. The highest BCUT2D eigenvalue weighted by Gasteiger charge is 2.21. The van der Waals surface area contributed by atoms with Crippen molar-refractivity contribution < 1.29 is 4.74 Å². The van der Waals surface area contributed by atoms with Crippen molar-refractivity contribution in [3.63, 3.8) is 0 Å². The van der Waals surface area contributed by atoms with Gasteiger partial charge in [0.2, 0.25) is 0 Å². The van der Waals surface area contributed by atoms with Gasteiger partial charge in [-0.25, -0.2) is 9.97 Å². The number of nitrogens with zero attached hydrogens (tertiary/aromatic N) is 3. The molecule has 4 rings (SSSR count). The normalized spacial score (nSPS) is 12.6. The molecule has 2 aromatic heterocycles. The van der Waals surface area contributed by atoms with Crippen molar-refractivity contribution >= 4 is 34.7 Å². The summed E-state index contributed by atoms with van der Waals surface area (Å²) in [4.78, 5) is 9.41. The second-order valence-corrected chi connectivity index (χ2v) is 8.91. The lowest BCUT2D eigenvalue weighted by molar-refractivity contribution is 0.305. The smallest absolute Gasteiger partial charge is 0.140 e. The van der Waals surface area contributed by atoms with Crippen LogP contribution in [-0.4, -0.2) is 9.97 Å². The molecular weight excluding hydrogens is 410 g/mol. The van der Waals surface area contributed by atoms with Gasteiger partial charge in [0.25, 0.3) is 0 Å². The lowest BCUT2D eigenvalue weighted by atomic mass is 10.0. The highest BCUT2D eigenvalue weighted by atomic mass is 35.5. The first-order valence-corrected chi connectivity index (χ1v) is 11.2. The summed E-state index contributed by atoms with van der Waals surface area (Å²) in [5, 5.41) is 14.1. The summed E-state index contributed by atoms with van der Waals surface area (Å²) in [7, 11) is 0. The summed E-state index contributed by atoms with van der Waals surface area (Å²) in [5.41, 5.74) is 5.23. The fraction of sp³-hybridized carbons (Fsp3) is 0.286. The topological polar surface area (TPSA) is 58.8 Å². The van der Waals surface area contributed by atoms with Crippen LogP contribution in [0, 0.1) is 18.3 Å². The zero-order valence-corrected chi connectivity index (χ0v) is 17.8. The average Bonchev–Trinajstić information content (AvgIpc) is 3.35. The third-order valence-corrected chi connectivity index (χ3v) is 6.84. The monoisotopic (exact) mass is 427 g/mol. The number of fused-ring (bicyclic) bond motifs is 1. The van der Waals surface area contributed by atoms with Crippen molar-refractivity contribution in [1.29, 1.82) is 5.26 Å². The van der Waals surface area contributed by atoms with E-state index in [2.05, 4.69) is 11.1 Å². The lowest BCUT2D eigenvalue weighted by Gasteiger charge is -2.10. The predicted molar refractivity (Wildman–Crippen MR) is 113 cm³/mol. The standard InChI is InChI=1S/C21H18ClN3OS2/c1-13-17-3-2-4-19(17)25-21(18(13)9-23)28-12-15-11-27-20(24-15)10-26-16-7-5-14(22)6-8-16/h5-8,11H,2-4,10,12H2,1H3. The van der Waals surface area contributed by atoms with Crippen molar-refractivity contribution in [2.24, 2.45) is 0 Å². The minimum Gasteiger partial charge on any atom is -0.486 e. The maximum atomic E-state index is 9.59. The first kappa shape index (κ1) is 19.3. The quantitative estimate of drug-likeness (QED) is 0.470. The first-order chi connectivity index (χ1) is 13.6. The van der Waals surface area contributed by atoms with Gasteiger partial charge in [-0.1, -0.05) is 23.4 Å². The van der Waals surface area contributed by atoms with Crippen LogP contribution in [-0.2, 0) is 25.2 Å². The molecule has 0 radical (unpaired) electrons. The zero-order chi connectivity index (χ0) is 19.5. The van der Waals surface area contributed by atoms with E-state index >= 15 is 0 Å². The number of hydrogen-bond acceptors (Lipinski definition) is 6. The molecule has 0 aliphatic heterocycles. The number of pyridine rings is 1. The Morgan fingerprint density at radius 2 is 2.07 bits per heavy atom. The Balaban J connectivity index is 1.40. The van der Waals surface area contributed by atoms with Crippen molar-refractivity contribution in [3.05, 3.63) is 67.8 Å². The van der Waals surface area contributed by atoms with Gasteiger partial charge in [-0.2, -0.15) is 5.26 Å². The Bertz CT molecular complexity index is 1040. The molecule has 0 spiro atoms. The van der Waals surface area contributed by atoms with Crippen LogP contribution >= 0.6 is 34.7 Å². The molecule has 4 nitrogen and oxygen atoms in total. The number of aromatic nitrogens is 2. The van der Waals surface area contributed by atoms with E-state index < -0.39 is 0 Å². The van der Waals surface area contributed by atoms with E-state index in [0.29, 0.717) is 22.9 Å². The highest BCUT2D eigenvalue weighted by Crippen LogP contribution is 2.33. The van der Waals surface area contributed by atoms with E-state index in [1.54, 1.807) is 35.2 Å². The molecule has 0 atom stereocenters. The predicted octanol–water partition coefficient (Wildman–Crippen LogP) is 5.73. The van der Waals surface area contributed by atoms with Gasteiger partial charge in [-0.3, -0.25) is 0 Å².